The summed E-state index contributed by atoms with van der Waals surface area (Å²) in [5.74, 6) is 3.81. The van der Waals surface area contributed by atoms with Gasteiger partial charge in [0.05, 0.1) is 35.6 Å². The molecule has 0 aliphatic carbocycles. The molecule has 4 aromatic rings. The molecule has 0 saturated heterocycles. The smallest absolute Gasteiger partial charge is 0.271 e. The lowest BCUT2D eigenvalue weighted by molar-refractivity contribution is -0.113. The molecule has 3 aromatic carbocycles. The molecule has 1 aromatic heterocycles. The number of anilines is 1. The monoisotopic (exact) mass is 579 g/mol. The van der Waals surface area contributed by atoms with Crippen LogP contribution in [0.25, 0.3) is 6.08 Å². The van der Waals surface area contributed by atoms with Crippen LogP contribution in [0.5, 0.6) is 17.2 Å². The van der Waals surface area contributed by atoms with Crippen molar-refractivity contribution in [3.05, 3.63) is 115 Å². The molecule has 0 radical (unpaired) electrons. The number of allylic oxidation sites excluding steroid dienone is 1. The lowest BCUT2D eigenvalue weighted by atomic mass is 9.95. The van der Waals surface area contributed by atoms with Crippen LogP contribution in [0.15, 0.2) is 93.9 Å². The number of nitrogens with zero attached hydrogens (tertiary/aromatic N) is 2. The van der Waals surface area contributed by atoms with Crippen molar-refractivity contribution < 1.29 is 19.0 Å². The first-order valence-electron chi connectivity index (χ1n) is 13.3. The molecule has 0 spiro atoms. The average Bonchev–Trinajstić information content (AvgIpc) is 3.30. The summed E-state index contributed by atoms with van der Waals surface area (Å²) >= 11 is 1.26. The molecule has 1 amide bonds. The Kier molecular flexibility index (Phi) is 8.55. The predicted molar refractivity (Wildman–Crippen MR) is 164 cm³/mol. The maximum absolute atomic E-state index is 14.0. The SMILES string of the molecule is C#CCOc1ccc(/C=c2\sc3n(c2=O)[C@@H](c2ccc(OCC)cc2)C(C(=O)Nc2ccccc2)=C(C)N=3)cc1OC. The molecule has 1 aliphatic rings. The average molecular weight is 580 g/mol. The summed E-state index contributed by atoms with van der Waals surface area (Å²) in [5.41, 5.74) is 2.80. The fourth-order valence-electron chi connectivity index (χ4n) is 4.72. The zero-order valence-electron chi connectivity index (χ0n) is 23.4. The minimum atomic E-state index is -0.697. The van der Waals surface area contributed by atoms with E-state index in [1.165, 1.54) is 18.4 Å². The van der Waals surface area contributed by atoms with Crippen LogP contribution >= 0.6 is 11.3 Å². The number of terminal acetylenes is 1. The van der Waals surface area contributed by atoms with Crippen LogP contribution in [0.3, 0.4) is 0 Å². The van der Waals surface area contributed by atoms with Gasteiger partial charge in [0.1, 0.15) is 12.4 Å². The van der Waals surface area contributed by atoms with Crippen molar-refractivity contribution in [1.82, 2.24) is 4.57 Å². The van der Waals surface area contributed by atoms with Crippen LogP contribution in [0.1, 0.15) is 31.0 Å². The summed E-state index contributed by atoms with van der Waals surface area (Å²) in [4.78, 5) is 32.9. The molecule has 0 saturated carbocycles. The molecule has 1 N–H and O–H groups in total. The molecule has 2 heterocycles. The van der Waals surface area contributed by atoms with Gasteiger partial charge in [-0.25, -0.2) is 4.99 Å². The number of nitrogens with one attached hydrogen (secondary N) is 1. The number of fused-ring (bicyclic) bond motifs is 1. The van der Waals surface area contributed by atoms with Crippen LogP contribution in [0, 0.1) is 12.3 Å². The fraction of sp³-hybridized carbons (Fsp3) is 0.182. The summed E-state index contributed by atoms with van der Waals surface area (Å²) in [6, 6.07) is 21.3. The Morgan fingerprint density at radius 2 is 1.86 bits per heavy atom. The first kappa shape index (κ1) is 28.5. The van der Waals surface area contributed by atoms with Crippen molar-refractivity contribution in [2.75, 3.05) is 25.6 Å². The molecular weight excluding hydrogens is 550 g/mol. The van der Waals surface area contributed by atoms with Gasteiger partial charge >= 0.3 is 0 Å². The van der Waals surface area contributed by atoms with E-state index in [1.54, 1.807) is 29.7 Å². The first-order chi connectivity index (χ1) is 20.4. The lowest BCUT2D eigenvalue weighted by Crippen LogP contribution is -2.40. The molecule has 42 heavy (non-hydrogen) atoms. The fourth-order valence-corrected chi connectivity index (χ4v) is 5.77. The summed E-state index contributed by atoms with van der Waals surface area (Å²) < 4.78 is 18.7. The minimum absolute atomic E-state index is 0.111. The Morgan fingerprint density at radius 3 is 2.55 bits per heavy atom. The van der Waals surface area contributed by atoms with Crippen molar-refractivity contribution in [3.8, 4) is 29.6 Å². The maximum atomic E-state index is 14.0. The second kappa shape index (κ2) is 12.6. The number of rotatable bonds is 9. The van der Waals surface area contributed by atoms with Gasteiger partial charge in [0, 0.05) is 5.69 Å². The molecule has 9 heteroatoms. The Morgan fingerprint density at radius 1 is 1.10 bits per heavy atom. The highest BCUT2D eigenvalue weighted by Gasteiger charge is 2.32. The predicted octanol–water partition coefficient (Wildman–Crippen LogP) is 4.29. The highest BCUT2D eigenvalue weighted by molar-refractivity contribution is 7.07. The van der Waals surface area contributed by atoms with Crippen LogP contribution in [0.2, 0.25) is 0 Å². The van der Waals surface area contributed by atoms with E-state index in [1.807, 2.05) is 67.6 Å². The third-order valence-corrected chi connectivity index (χ3v) is 7.58. The number of hydrogen-bond acceptors (Lipinski definition) is 7. The lowest BCUT2D eigenvalue weighted by Gasteiger charge is -2.25. The number of para-hydroxylation sites is 1. The summed E-state index contributed by atoms with van der Waals surface area (Å²) in [7, 11) is 1.54. The highest BCUT2D eigenvalue weighted by Crippen LogP contribution is 2.32. The number of carbonyl (C=O) groups is 1. The number of methoxy groups -OCH3 is 1. The maximum Gasteiger partial charge on any atom is 0.271 e. The van der Waals surface area contributed by atoms with Gasteiger partial charge in [-0.2, -0.15) is 0 Å². The zero-order valence-corrected chi connectivity index (χ0v) is 24.2. The van der Waals surface area contributed by atoms with Crippen molar-refractivity contribution >= 4 is 29.0 Å². The minimum Gasteiger partial charge on any atom is -0.494 e. The Labute approximate surface area is 247 Å². The Hall–Kier alpha value is -5.07. The summed E-state index contributed by atoms with van der Waals surface area (Å²) in [6.07, 6.45) is 7.09. The molecular formula is C33H29N3O5S. The van der Waals surface area contributed by atoms with Gasteiger partial charge in [0.15, 0.2) is 16.3 Å². The second-order valence-electron chi connectivity index (χ2n) is 9.31. The molecule has 212 valence electrons. The van der Waals surface area contributed by atoms with Gasteiger partial charge in [0.25, 0.3) is 11.5 Å². The van der Waals surface area contributed by atoms with E-state index in [9.17, 15) is 9.59 Å². The topological polar surface area (TPSA) is 91.2 Å². The van der Waals surface area contributed by atoms with E-state index in [0.717, 1.165) is 11.1 Å². The molecule has 0 unspecified atom stereocenters. The van der Waals surface area contributed by atoms with Crippen molar-refractivity contribution in [2.24, 2.45) is 4.99 Å². The van der Waals surface area contributed by atoms with Gasteiger partial charge in [0.2, 0.25) is 0 Å². The zero-order chi connectivity index (χ0) is 29.6. The van der Waals surface area contributed by atoms with Gasteiger partial charge < -0.3 is 19.5 Å². The highest BCUT2D eigenvalue weighted by atomic mass is 32.1. The normalized spacial score (nSPS) is 14.4. The van der Waals surface area contributed by atoms with Crippen molar-refractivity contribution in [2.45, 2.75) is 19.9 Å². The van der Waals surface area contributed by atoms with E-state index in [0.29, 0.717) is 50.1 Å². The molecule has 1 atom stereocenters. The number of carbonyl (C=O) groups excluding carboxylic acids is 1. The van der Waals surface area contributed by atoms with E-state index in [2.05, 4.69) is 11.2 Å². The van der Waals surface area contributed by atoms with E-state index < -0.39 is 6.04 Å². The molecule has 0 fully saturated rings. The Bertz CT molecular complexity index is 1870. The van der Waals surface area contributed by atoms with Gasteiger partial charge in [-0.3, -0.25) is 14.2 Å². The van der Waals surface area contributed by atoms with E-state index >= 15 is 0 Å². The standard InChI is InChI=1S/C33H29N3O5S/c1-5-18-41-26-17-12-22(19-27(26)39-4)20-28-32(38)36-30(23-13-15-25(16-14-23)40-6-2)29(21(3)34-33(36)42-28)31(37)35-24-10-8-7-9-11-24/h1,7-17,19-20,30H,6,18H2,2-4H3,(H,35,37)/b28-20-/t30-/m0/s1. The number of benzene rings is 3. The van der Waals surface area contributed by atoms with Crippen LogP contribution in [-0.4, -0.2) is 30.8 Å². The largest absolute Gasteiger partial charge is 0.494 e. The van der Waals surface area contributed by atoms with Crippen molar-refractivity contribution in [1.29, 1.82) is 0 Å². The molecule has 8 nitrogen and oxygen atoms in total. The number of thiazole rings is 1. The van der Waals surface area contributed by atoms with Crippen molar-refractivity contribution in [3.63, 3.8) is 0 Å². The number of hydrogen-bond donors (Lipinski definition) is 1. The third kappa shape index (κ3) is 5.85. The van der Waals surface area contributed by atoms with E-state index in [4.69, 9.17) is 25.6 Å². The van der Waals surface area contributed by atoms with E-state index in [-0.39, 0.29) is 18.1 Å². The Balaban J connectivity index is 1.62. The summed E-state index contributed by atoms with van der Waals surface area (Å²) in [6.45, 7) is 4.34. The van der Waals surface area contributed by atoms with Crippen LogP contribution in [-0.2, 0) is 4.79 Å². The van der Waals surface area contributed by atoms with Crippen LogP contribution in [0.4, 0.5) is 5.69 Å². The third-order valence-electron chi connectivity index (χ3n) is 6.60. The number of amides is 1. The first-order valence-corrected chi connectivity index (χ1v) is 14.1. The molecule has 1 aliphatic heterocycles. The number of aromatic nitrogens is 1. The quantitative estimate of drug-likeness (QED) is 0.299. The summed E-state index contributed by atoms with van der Waals surface area (Å²) in [5, 5.41) is 2.96. The molecule has 5 rings (SSSR count). The van der Waals surface area contributed by atoms with Gasteiger partial charge in [-0.15, -0.1) is 6.42 Å². The van der Waals surface area contributed by atoms with Gasteiger partial charge in [-0.1, -0.05) is 53.7 Å². The van der Waals surface area contributed by atoms with Crippen LogP contribution < -0.4 is 34.4 Å². The molecule has 0 bridgehead atoms. The second-order valence-corrected chi connectivity index (χ2v) is 10.3. The number of ether oxygens (including phenoxy) is 3. The van der Waals surface area contributed by atoms with Gasteiger partial charge in [-0.05, 0) is 67.4 Å².